The van der Waals surface area contributed by atoms with E-state index < -0.39 is 36.7 Å². The number of hydrogen-bond donors (Lipinski definition) is 6. The maximum Gasteiger partial charge on any atom is 0.278 e. The highest BCUT2D eigenvalue weighted by Gasteiger charge is 2.45. The van der Waals surface area contributed by atoms with Crippen LogP contribution in [-0.4, -0.2) is 77.7 Å². The molecule has 3 heterocycles. The van der Waals surface area contributed by atoms with Crippen molar-refractivity contribution >= 4 is 23.3 Å². The van der Waals surface area contributed by atoms with Gasteiger partial charge in [0.05, 0.1) is 25.8 Å². The average molecular weight is 446 g/mol. The maximum atomic E-state index is 12.2. The molecule has 0 spiro atoms. The fourth-order valence-electron chi connectivity index (χ4n) is 3.38. The molecule has 13 nitrogen and oxygen atoms in total. The molecule has 32 heavy (non-hydrogen) atoms. The Hall–Kier alpha value is -3.52. The number of anilines is 1. The molecule has 0 radical (unpaired) electrons. The van der Waals surface area contributed by atoms with Gasteiger partial charge in [-0.05, 0) is 19.1 Å². The van der Waals surface area contributed by atoms with Crippen LogP contribution in [0.1, 0.15) is 18.7 Å². The monoisotopic (exact) mass is 446 g/mol. The van der Waals surface area contributed by atoms with E-state index in [0.717, 1.165) is 6.33 Å². The second-order valence-corrected chi connectivity index (χ2v) is 6.96. The minimum atomic E-state index is -1.43. The Bertz CT molecular complexity index is 1190. The summed E-state index contributed by atoms with van der Waals surface area (Å²) in [6.45, 7) is 1.77. The third kappa shape index (κ3) is 3.89. The first-order chi connectivity index (χ1) is 15.4. The number of phenols is 1. The van der Waals surface area contributed by atoms with Crippen LogP contribution in [0.5, 0.6) is 11.5 Å². The van der Waals surface area contributed by atoms with Crippen LogP contribution in [-0.2, 0) is 4.74 Å². The zero-order valence-electron chi connectivity index (χ0n) is 16.9. The Morgan fingerprint density at radius 2 is 2.19 bits per heavy atom. The van der Waals surface area contributed by atoms with Crippen molar-refractivity contribution in [2.75, 3.05) is 18.6 Å². The zero-order chi connectivity index (χ0) is 22.8. The minimum absolute atomic E-state index is 0.0132. The van der Waals surface area contributed by atoms with Gasteiger partial charge in [-0.3, -0.25) is 9.36 Å². The predicted octanol–water partition coefficient (Wildman–Crippen LogP) is -0.719. The lowest BCUT2D eigenvalue weighted by Gasteiger charge is -2.18. The number of aromatic hydroxyl groups is 1. The molecule has 1 saturated heterocycles. The van der Waals surface area contributed by atoms with Crippen LogP contribution in [0.15, 0.2) is 34.4 Å². The number of hydrogen-bond acceptors (Lipinski definition) is 11. The molecule has 0 aliphatic carbocycles. The van der Waals surface area contributed by atoms with Gasteiger partial charge in [0.2, 0.25) is 5.95 Å². The Balaban J connectivity index is 1.67. The van der Waals surface area contributed by atoms with Crippen LogP contribution in [0.3, 0.4) is 0 Å². The van der Waals surface area contributed by atoms with Crippen molar-refractivity contribution in [3.8, 4) is 11.5 Å². The second-order valence-electron chi connectivity index (χ2n) is 6.96. The number of benzene rings is 1. The number of nitrogens with zero attached hydrogens (tertiary/aromatic N) is 4. The number of nitrogens with one attached hydrogen (secondary N) is 2. The number of imidazole rings is 1. The van der Waals surface area contributed by atoms with Gasteiger partial charge in [-0.25, -0.2) is 15.4 Å². The van der Waals surface area contributed by atoms with E-state index >= 15 is 0 Å². The first-order valence-corrected chi connectivity index (χ1v) is 9.77. The van der Waals surface area contributed by atoms with Crippen molar-refractivity contribution in [2.45, 2.75) is 31.5 Å². The third-order valence-electron chi connectivity index (χ3n) is 4.94. The highest BCUT2D eigenvalue weighted by molar-refractivity contribution is 5.84. The van der Waals surface area contributed by atoms with Gasteiger partial charge >= 0.3 is 0 Å². The quantitative estimate of drug-likeness (QED) is 0.200. The molecule has 2 aromatic heterocycles. The first kappa shape index (κ1) is 21.7. The summed E-state index contributed by atoms with van der Waals surface area (Å²) in [6.07, 6.45) is -2.53. The van der Waals surface area contributed by atoms with Gasteiger partial charge < -0.3 is 34.9 Å². The van der Waals surface area contributed by atoms with Crippen molar-refractivity contribution in [1.29, 1.82) is 0 Å². The number of H-pyrrole nitrogens is 1. The number of aliphatic hydroxyl groups is 3. The standard InChI is InChI=1S/C19H22N6O7/c1-2-31-10-4-3-9(11(27)5-10)6-22-24-19-23-13-16(20-8-21-17(13)30)25(19)18-15(29)14(28)12(7-26)32-18/h3-6,8,12,14-15,18,26-29H,2,7H2,1H3,(H,23,24)(H,20,21,30)/b22-6+/t12-,14-,15-,18-/m1/s1. The number of aromatic nitrogens is 4. The van der Waals surface area contributed by atoms with Gasteiger partial charge in [0.25, 0.3) is 5.56 Å². The van der Waals surface area contributed by atoms with Gasteiger partial charge in [-0.1, -0.05) is 0 Å². The van der Waals surface area contributed by atoms with Crippen LogP contribution in [0.25, 0.3) is 11.2 Å². The predicted molar refractivity (Wildman–Crippen MR) is 112 cm³/mol. The van der Waals surface area contributed by atoms with Crippen LogP contribution >= 0.6 is 0 Å². The largest absolute Gasteiger partial charge is 0.507 e. The van der Waals surface area contributed by atoms with Crippen LogP contribution < -0.4 is 15.7 Å². The highest BCUT2D eigenvalue weighted by atomic mass is 16.6. The number of aromatic amines is 1. The maximum absolute atomic E-state index is 12.2. The van der Waals surface area contributed by atoms with Gasteiger partial charge in [0.1, 0.15) is 29.8 Å². The van der Waals surface area contributed by atoms with Gasteiger partial charge in [-0.2, -0.15) is 5.10 Å². The Morgan fingerprint density at radius 3 is 2.88 bits per heavy atom. The van der Waals surface area contributed by atoms with Gasteiger partial charge in [0.15, 0.2) is 17.4 Å². The lowest BCUT2D eigenvalue weighted by molar-refractivity contribution is -0.0501. The zero-order valence-corrected chi connectivity index (χ0v) is 16.9. The number of rotatable bonds is 7. The summed E-state index contributed by atoms with van der Waals surface area (Å²) in [6, 6.07) is 4.72. The molecule has 1 fully saturated rings. The van der Waals surface area contributed by atoms with E-state index in [1.807, 2.05) is 6.92 Å². The van der Waals surface area contributed by atoms with E-state index in [4.69, 9.17) is 9.47 Å². The molecular formula is C19H22N6O7. The number of ether oxygens (including phenoxy) is 2. The van der Waals surface area contributed by atoms with E-state index in [1.165, 1.54) is 16.8 Å². The van der Waals surface area contributed by atoms with E-state index in [1.54, 1.807) is 12.1 Å². The average Bonchev–Trinajstić information content (AvgIpc) is 3.28. The fraction of sp³-hybridized carbons (Fsp3) is 0.368. The molecule has 3 aromatic rings. The molecule has 6 N–H and O–H groups in total. The van der Waals surface area contributed by atoms with Gasteiger partial charge in [0, 0.05) is 11.6 Å². The Kier molecular flexibility index (Phi) is 6.05. The van der Waals surface area contributed by atoms with Crippen molar-refractivity contribution < 1.29 is 29.9 Å². The van der Waals surface area contributed by atoms with Crippen LogP contribution in [0.4, 0.5) is 5.95 Å². The molecule has 4 rings (SSSR count). The highest BCUT2D eigenvalue weighted by Crippen LogP contribution is 2.33. The number of fused-ring (bicyclic) bond motifs is 1. The summed E-state index contributed by atoms with van der Waals surface area (Å²) in [7, 11) is 0. The molecule has 1 aromatic carbocycles. The summed E-state index contributed by atoms with van der Waals surface area (Å²) in [5.41, 5.74) is 2.52. The summed E-state index contributed by atoms with van der Waals surface area (Å²) in [5.74, 6) is 0.434. The summed E-state index contributed by atoms with van der Waals surface area (Å²) in [4.78, 5) is 22.8. The number of hydrazone groups is 1. The smallest absolute Gasteiger partial charge is 0.278 e. The molecule has 170 valence electrons. The van der Waals surface area contributed by atoms with E-state index in [0.29, 0.717) is 17.9 Å². The molecule has 1 aliphatic rings. The van der Waals surface area contributed by atoms with Crippen molar-refractivity contribution in [3.63, 3.8) is 0 Å². The summed E-state index contributed by atoms with van der Waals surface area (Å²) >= 11 is 0. The minimum Gasteiger partial charge on any atom is -0.507 e. The van der Waals surface area contributed by atoms with E-state index in [9.17, 15) is 25.2 Å². The van der Waals surface area contributed by atoms with Crippen LogP contribution in [0, 0.1) is 0 Å². The molecule has 0 saturated carbocycles. The summed E-state index contributed by atoms with van der Waals surface area (Å²) < 4.78 is 12.2. The fourth-order valence-corrected chi connectivity index (χ4v) is 3.38. The molecule has 13 heteroatoms. The van der Waals surface area contributed by atoms with Gasteiger partial charge in [-0.15, -0.1) is 0 Å². The van der Waals surface area contributed by atoms with E-state index in [2.05, 4.69) is 25.5 Å². The molecule has 0 amide bonds. The molecule has 0 bridgehead atoms. The second kappa shape index (κ2) is 8.92. The molecule has 4 atom stereocenters. The third-order valence-corrected chi connectivity index (χ3v) is 4.94. The van der Waals surface area contributed by atoms with Crippen molar-refractivity contribution in [2.24, 2.45) is 5.10 Å². The number of phenolic OH excluding ortho intramolecular Hbond substituents is 1. The number of aliphatic hydroxyl groups excluding tert-OH is 3. The van der Waals surface area contributed by atoms with Crippen LogP contribution in [0.2, 0.25) is 0 Å². The summed E-state index contributed by atoms with van der Waals surface area (Å²) in [5, 5.41) is 44.1. The lowest BCUT2D eigenvalue weighted by Crippen LogP contribution is -2.33. The normalized spacial score (nSPS) is 23.2. The van der Waals surface area contributed by atoms with Crippen molar-refractivity contribution in [3.05, 3.63) is 40.4 Å². The van der Waals surface area contributed by atoms with Crippen molar-refractivity contribution in [1.82, 2.24) is 19.5 Å². The lowest BCUT2D eigenvalue weighted by atomic mass is 10.1. The molecular weight excluding hydrogens is 424 g/mol. The van der Waals surface area contributed by atoms with E-state index in [-0.39, 0.29) is 22.9 Å². The first-order valence-electron chi connectivity index (χ1n) is 9.77. The Morgan fingerprint density at radius 1 is 1.38 bits per heavy atom. The SMILES string of the molecule is CCOc1ccc(/C=N/Nc2nc3c(=O)[nH]cnc3n2[C@@H]2O[C@H](CO)[C@@H](O)[C@H]2O)c(O)c1. The Labute approximate surface area is 180 Å². The molecule has 1 aliphatic heterocycles. The topological polar surface area (TPSA) is 187 Å². The molecule has 0 unspecified atom stereocenters.